The Morgan fingerprint density at radius 3 is 2.67 bits per heavy atom. The third kappa shape index (κ3) is 4.65. The van der Waals surface area contributed by atoms with Crippen LogP contribution in [0.1, 0.15) is 5.56 Å². The van der Waals surface area contributed by atoms with E-state index in [9.17, 15) is 15.2 Å². The van der Waals surface area contributed by atoms with Gasteiger partial charge in [0.25, 0.3) is 0 Å². The highest BCUT2D eigenvalue weighted by atomic mass is 32.1. The number of phenolic OH excluding ortho intramolecular Hbond substituents is 1. The minimum absolute atomic E-state index is 0.254. The lowest BCUT2D eigenvalue weighted by Crippen LogP contribution is -2.23. The number of hydrogen-bond acceptors (Lipinski definition) is 6. The molecule has 0 fully saturated rings. The molecule has 0 spiro atoms. The Labute approximate surface area is 142 Å². The Kier molecular flexibility index (Phi) is 5.63. The van der Waals surface area contributed by atoms with Crippen LogP contribution < -0.4 is 15.5 Å². The molecule has 24 heavy (non-hydrogen) atoms. The van der Waals surface area contributed by atoms with Crippen molar-refractivity contribution in [1.82, 2.24) is 5.43 Å². The standard InChI is InChI=1S/C15H14N4O4S/c1-23-12-5-3-11(4-6-12)17-15(24)18-16-9-10-2-7-14(20)13(8-10)19(21)22/h2-9,20H,1H3,(H2,17,18,24)/b16-9-. The lowest BCUT2D eigenvalue weighted by atomic mass is 10.2. The van der Waals surface area contributed by atoms with Gasteiger partial charge in [0.15, 0.2) is 10.9 Å². The zero-order valence-electron chi connectivity index (χ0n) is 12.6. The quantitative estimate of drug-likeness (QED) is 0.330. The predicted octanol–water partition coefficient (Wildman–Crippen LogP) is 2.63. The van der Waals surface area contributed by atoms with Crippen LogP contribution in [0.4, 0.5) is 11.4 Å². The topological polar surface area (TPSA) is 109 Å². The Hall–Kier alpha value is -3.20. The fourth-order valence-corrected chi connectivity index (χ4v) is 1.94. The molecule has 0 radical (unpaired) electrons. The number of methoxy groups -OCH3 is 1. The molecule has 0 heterocycles. The van der Waals surface area contributed by atoms with Gasteiger partial charge in [-0.25, -0.2) is 0 Å². The van der Waals surface area contributed by atoms with Crippen molar-refractivity contribution in [3.8, 4) is 11.5 Å². The summed E-state index contributed by atoms with van der Waals surface area (Å²) in [7, 11) is 1.58. The summed E-state index contributed by atoms with van der Waals surface area (Å²) in [4.78, 5) is 10.1. The van der Waals surface area contributed by atoms with E-state index in [1.165, 1.54) is 24.4 Å². The van der Waals surface area contributed by atoms with Crippen molar-refractivity contribution in [2.24, 2.45) is 5.10 Å². The minimum atomic E-state index is -0.671. The molecule has 0 saturated carbocycles. The first-order valence-corrected chi connectivity index (χ1v) is 7.12. The average molecular weight is 346 g/mol. The van der Waals surface area contributed by atoms with E-state index in [4.69, 9.17) is 17.0 Å². The van der Waals surface area contributed by atoms with Gasteiger partial charge in [-0.15, -0.1) is 0 Å². The number of nitrogens with zero attached hydrogens (tertiary/aromatic N) is 2. The van der Waals surface area contributed by atoms with E-state index in [-0.39, 0.29) is 5.11 Å². The first kappa shape index (κ1) is 17.2. The summed E-state index contributed by atoms with van der Waals surface area (Å²) in [6.45, 7) is 0. The lowest BCUT2D eigenvalue weighted by molar-refractivity contribution is -0.385. The number of ether oxygens (including phenoxy) is 1. The molecule has 0 aliphatic rings. The maximum Gasteiger partial charge on any atom is 0.311 e. The van der Waals surface area contributed by atoms with Crippen molar-refractivity contribution >= 4 is 34.9 Å². The van der Waals surface area contributed by atoms with Crippen LogP contribution in [-0.4, -0.2) is 28.5 Å². The average Bonchev–Trinajstić information content (AvgIpc) is 2.57. The summed E-state index contributed by atoms with van der Waals surface area (Å²) < 4.78 is 5.06. The molecule has 3 N–H and O–H groups in total. The number of nitro benzene ring substituents is 1. The van der Waals surface area contributed by atoms with Gasteiger partial charge >= 0.3 is 5.69 Å². The monoisotopic (exact) mass is 346 g/mol. The Morgan fingerprint density at radius 2 is 2.04 bits per heavy atom. The number of anilines is 1. The fraction of sp³-hybridized carbons (Fsp3) is 0.0667. The largest absolute Gasteiger partial charge is 0.502 e. The SMILES string of the molecule is COc1ccc(NC(=S)N/N=C\c2ccc(O)c([N+](=O)[O-])c2)cc1. The molecule has 8 nitrogen and oxygen atoms in total. The molecular formula is C15H14N4O4S. The summed E-state index contributed by atoms with van der Waals surface area (Å²) in [5.41, 5.74) is 3.40. The van der Waals surface area contributed by atoms with Crippen molar-refractivity contribution in [2.75, 3.05) is 12.4 Å². The minimum Gasteiger partial charge on any atom is -0.502 e. The van der Waals surface area contributed by atoms with Gasteiger partial charge in [-0.1, -0.05) is 0 Å². The highest BCUT2D eigenvalue weighted by Gasteiger charge is 2.12. The van der Waals surface area contributed by atoms with Gasteiger partial charge in [-0.3, -0.25) is 15.5 Å². The number of hydrazone groups is 1. The Balaban J connectivity index is 1.94. The van der Waals surface area contributed by atoms with Crippen molar-refractivity contribution in [2.45, 2.75) is 0 Å². The van der Waals surface area contributed by atoms with Crippen LogP contribution in [0.25, 0.3) is 0 Å². The van der Waals surface area contributed by atoms with E-state index >= 15 is 0 Å². The van der Waals surface area contributed by atoms with Crippen LogP contribution in [0.3, 0.4) is 0 Å². The third-order valence-electron chi connectivity index (χ3n) is 2.92. The first-order valence-electron chi connectivity index (χ1n) is 6.71. The number of aromatic hydroxyl groups is 1. The Bertz CT molecular complexity index is 778. The smallest absolute Gasteiger partial charge is 0.311 e. The van der Waals surface area contributed by atoms with Crippen LogP contribution in [0.5, 0.6) is 11.5 Å². The molecule has 0 atom stereocenters. The van der Waals surface area contributed by atoms with Crippen LogP contribution in [-0.2, 0) is 0 Å². The highest BCUT2D eigenvalue weighted by Crippen LogP contribution is 2.25. The van der Waals surface area contributed by atoms with Crippen molar-refractivity contribution in [3.63, 3.8) is 0 Å². The third-order valence-corrected chi connectivity index (χ3v) is 3.12. The predicted molar refractivity (Wildman–Crippen MR) is 94.7 cm³/mol. The number of phenols is 1. The van der Waals surface area contributed by atoms with E-state index in [1.54, 1.807) is 31.4 Å². The fourth-order valence-electron chi connectivity index (χ4n) is 1.77. The molecule has 124 valence electrons. The molecule has 0 aliphatic carbocycles. The summed E-state index contributed by atoms with van der Waals surface area (Å²) in [5, 5.41) is 27.2. The van der Waals surface area contributed by atoms with Crippen molar-refractivity contribution < 1.29 is 14.8 Å². The van der Waals surface area contributed by atoms with Crippen LogP contribution >= 0.6 is 12.2 Å². The highest BCUT2D eigenvalue weighted by molar-refractivity contribution is 7.80. The molecule has 0 unspecified atom stereocenters. The van der Waals surface area contributed by atoms with Gasteiger partial charge < -0.3 is 15.2 Å². The van der Waals surface area contributed by atoms with Crippen molar-refractivity contribution in [1.29, 1.82) is 0 Å². The van der Waals surface area contributed by atoms with Gasteiger partial charge in [0, 0.05) is 17.3 Å². The van der Waals surface area contributed by atoms with Gasteiger partial charge in [0.2, 0.25) is 0 Å². The normalized spacial score (nSPS) is 10.4. The van der Waals surface area contributed by atoms with Gasteiger partial charge in [0.05, 0.1) is 18.2 Å². The zero-order valence-corrected chi connectivity index (χ0v) is 13.4. The molecule has 0 amide bonds. The molecule has 0 bridgehead atoms. The van der Waals surface area contributed by atoms with Crippen LogP contribution in [0.15, 0.2) is 47.6 Å². The molecule has 2 aromatic rings. The van der Waals surface area contributed by atoms with Crippen molar-refractivity contribution in [3.05, 3.63) is 58.1 Å². The van der Waals surface area contributed by atoms with Gasteiger partial charge in [-0.2, -0.15) is 5.10 Å². The maximum absolute atomic E-state index is 10.8. The second-order valence-corrected chi connectivity index (χ2v) is 4.97. The molecule has 9 heteroatoms. The summed E-state index contributed by atoms with van der Waals surface area (Å²) >= 11 is 5.09. The number of hydrogen-bond donors (Lipinski definition) is 3. The van der Waals surface area contributed by atoms with E-state index in [0.29, 0.717) is 5.56 Å². The lowest BCUT2D eigenvalue weighted by Gasteiger charge is -2.07. The number of nitro groups is 1. The van der Waals surface area contributed by atoms with E-state index in [1.807, 2.05) is 0 Å². The van der Waals surface area contributed by atoms with E-state index in [2.05, 4.69) is 15.8 Å². The summed E-state index contributed by atoms with van der Waals surface area (Å²) in [6.07, 6.45) is 1.36. The van der Waals surface area contributed by atoms with Gasteiger partial charge in [-0.05, 0) is 48.6 Å². The van der Waals surface area contributed by atoms with Gasteiger partial charge in [0.1, 0.15) is 5.75 Å². The molecule has 0 aromatic heterocycles. The van der Waals surface area contributed by atoms with Crippen LogP contribution in [0, 0.1) is 10.1 Å². The number of benzene rings is 2. The second-order valence-electron chi connectivity index (χ2n) is 4.56. The Morgan fingerprint density at radius 1 is 1.33 bits per heavy atom. The molecule has 2 aromatic carbocycles. The molecule has 2 rings (SSSR count). The zero-order chi connectivity index (χ0) is 17.5. The molecule has 0 saturated heterocycles. The molecule has 0 aliphatic heterocycles. The number of nitrogens with one attached hydrogen (secondary N) is 2. The summed E-state index contributed by atoms with van der Waals surface area (Å²) in [6, 6.07) is 11.1. The summed E-state index contributed by atoms with van der Waals surface area (Å²) in [5.74, 6) is 0.327. The van der Waals surface area contributed by atoms with E-state index in [0.717, 1.165) is 11.4 Å². The van der Waals surface area contributed by atoms with E-state index < -0.39 is 16.4 Å². The number of rotatable bonds is 5. The van der Waals surface area contributed by atoms with Crippen LogP contribution in [0.2, 0.25) is 0 Å². The second kappa shape index (κ2) is 7.88. The molecular weight excluding hydrogens is 332 g/mol. The number of thiocarbonyl (C=S) groups is 1. The first-order chi connectivity index (χ1) is 11.5. The maximum atomic E-state index is 10.8.